The van der Waals surface area contributed by atoms with Crippen LogP contribution in [0.4, 0.5) is 22.9 Å². The van der Waals surface area contributed by atoms with Crippen molar-refractivity contribution in [3.05, 3.63) is 108 Å². The van der Waals surface area contributed by atoms with Gasteiger partial charge in [0.05, 0.1) is 56.7 Å². The molecule has 46 heavy (non-hydrogen) atoms. The highest BCUT2D eigenvalue weighted by molar-refractivity contribution is 6.51. The molecule has 0 fully saturated rings. The van der Waals surface area contributed by atoms with Crippen molar-refractivity contribution in [3.63, 3.8) is 0 Å². The molecule has 3 heterocycles. The first-order chi connectivity index (χ1) is 22.5. The Morgan fingerprint density at radius 1 is 0.804 bits per heavy atom. The van der Waals surface area contributed by atoms with Gasteiger partial charge in [-0.3, -0.25) is 0 Å². The average Bonchev–Trinajstić information content (AvgIpc) is 3.43. The van der Waals surface area contributed by atoms with E-state index in [1.54, 1.807) is 21.3 Å². The van der Waals surface area contributed by atoms with Crippen LogP contribution in [0.15, 0.2) is 101 Å². The van der Waals surface area contributed by atoms with Gasteiger partial charge in [0.25, 0.3) is 0 Å². The molecule has 5 aromatic rings. The van der Waals surface area contributed by atoms with Crippen LogP contribution >= 0.6 is 0 Å². The smallest absolute Gasteiger partial charge is 0.203 e. The second kappa shape index (κ2) is 12.0. The minimum Gasteiger partial charge on any atom is -0.494 e. The molecule has 2 aliphatic rings. The van der Waals surface area contributed by atoms with Crippen LogP contribution in [0, 0.1) is 6.92 Å². The lowest BCUT2D eigenvalue weighted by Gasteiger charge is -2.40. The van der Waals surface area contributed by atoms with Crippen molar-refractivity contribution in [2.75, 3.05) is 38.2 Å². The summed E-state index contributed by atoms with van der Waals surface area (Å²) < 4.78 is 24.9. The van der Waals surface area contributed by atoms with E-state index in [0.717, 1.165) is 45.3 Å². The molecule has 0 saturated carbocycles. The van der Waals surface area contributed by atoms with Gasteiger partial charge in [0.2, 0.25) is 5.75 Å². The molecular weight excluding hydrogens is 580 g/mol. The molecule has 0 radical (unpaired) electrons. The number of rotatable bonds is 8. The van der Waals surface area contributed by atoms with Crippen molar-refractivity contribution >= 4 is 34.6 Å². The topological polar surface area (TPSA) is 94.7 Å². The molecule has 0 amide bonds. The first kappa shape index (κ1) is 29.0. The fourth-order valence-corrected chi connectivity index (χ4v) is 6.06. The third-order valence-corrected chi connectivity index (χ3v) is 8.07. The maximum Gasteiger partial charge on any atom is 0.203 e. The van der Waals surface area contributed by atoms with Gasteiger partial charge in [-0.25, -0.2) is 14.7 Å². The Labute approximate surface area is 267 Å². The van der Waals surface area contributed by atoms with Gasteiger partial charge < -0.3 is 29.2 Å². The molecule has 0 unspecified atom stereocenters. The van der Waals surface area contributed by atoms with E-state index in [1.807, 2.05) is 103 Å². The summed E-state index contributed by atoms with van der Waals surface area (Å²) in [6, 6.07) is 29.5. The van der Waals surface area contributed by atoms with Gasteiger partial charge in [0.15, 0.2) is 29.0 Å². The number of nitrogens with zero attached hydrogens (tertiary/aromatic N) is 5. The number of fused-ring (bicyclic) bond motifs is 4. The molecule has 10 heteroatoms. The van der Waals surface area contributed by atoms with Gasteiger partial charge in [-0.15, -0.1) is 0 Å². The number of ether oxygens (including phenoxy) is 4. The van der Waals surface area contributed by atoms with Crippen LogP contribution in [-0.2, 0) is 0 Å². The first-order valence-corrected chi connectivity index (χ1v) is 15.0. The number of benzene rings is 4. The summed E-state index contributed by atoms with van der Waals surface area (Å²) in [6.45, 7) is 4.59. The van der Waals surface area contributed by atoms with Crippen LogP contribution in [0.25, 0.3) is 5.69 Å². The Balaban J connectivity index is 1.48. The highest BCUT2D eigenvalue weighted by atomic mass is 16.5. The quantitative estimate of drug-likeness (QED) is 0.195. The second-order valence-corrected chi connectivity index (χ2v) is 10.8. The van der Waals surface area contributed by atoms with Crippen molar-refractivity contribution in [1.29, 1.82) is 0 Å². The predicted octanol–water partition coefficient (Wildman–Crippen LogP) is 7.40. The number of aryl methyl sites for hydroxylation is 1. The maximum atomic E-state index is 5.81. The summed E-state index contributed by atoms with van der Waals surface area (Å²) in [6.07, 6.45) is 0. The lowest BCUT2D eigenvalue weighted by molar-refractivity contribution is 0.323. The molecule has 0 spiro atoms. The minimum absolute atomic E-state index is 0.373. The molecule has 232 valence electrons. The summed E-state index contributed by atoms with van der Waals surface area (Å²) in [4.78, 5) is 12.6. The molecule has 2 aliphatic heterocycles. The van der Waals surface area contributed by atoms with Crippen LogP contribution < -0.4 is 29.2 Å². The molecule has 1 N–H and O–H groups in total. The Hall–Kier alpha value is -5.77. The van der Waals surface area contributed by atoms with Gasteiger partial charge in [0, 0.05) is 11.3 Å². The van der Waals surface area contributed by atoms with E-state index in [2.05, 4.69) is 16.3 Å². The Morgan fingerprint density at radius 2 is 1.50 bits per heavy atom. The van der Waals surface area contributed by atoms with Crippen molar-refractivity contribution in [3.8, 4) is 28.7 Å². The zero-order valence-electron chi connectivity index (χ0n) is 26.3. The van der Waals surface area contributed by atoms with E-state index >= 15 is 0 Å². The lowest BCUT2D eigenvalue weighted by Crippen LogP contribution is -2.46. The number of amidine groups is 2. The summed E-state index contributed by atoms with van der Waals surface area (Å²) in [5.41, 5.74) is 6.20. The molecule has 1 atom stereocenters. The molecule has 0 aliphatic carbocycles. The normalized spacial score (nSPS) is 14.7. The fraction of sp³-hybridized carbons (Fsp3) is 0.194. The second-order valence-electron chi connectivity index (χ2n) is 10.8. The van der Waals surface area contributed by atoms with Crippen LogP contribution in [-0.4, -0.2) is 49.4 Å². The zero-order chi connectivity index (χ0) is 31.8. The monoisotopic (exact) mass is 614 g/mol. The van der Waals surface area contributed by atoms with Crippen LogP contribution in [0.5, 0.6) is 23.0 Å². The molecule has 10 nitrogen and oxygen atoms in total. The van der Waals surface area contributed by atoms with Crippen molar-refractivity contribution in [2.24, 2.45) is 9.98 Å². The standard InChI is InChI=1S/C36H34N6O4/c1-6-46-26-18-16-24(17-19-26)37-34-36-39-35-31(22(2)40-42(35)25-12-8-7-9-13-25)32(41(36)28-15-11-10-14-27(28)38-34)23-20-29(43-3)33(45-5)30(21-23)44-4/h7-21,32H,6H2,1-5H3,(H,37,38)/t32-/m0/s1. The third-order valence-electron chi connectivity index (χ3n) is 8.07. The molecule has 4 aromatic carbocycles. The van der Waals surface area contributed by atoms with E-state index in [0.29, 0.717) is 41.3 Å². The van der Waals surface area contributed by atoms with E-state index in [-0.39, 0.29) is 6.04 Å². The molecule has 0 saturated heterocycles. The first-order valence-electron chi connectivity index (χ1n) is 15.0. The van der Waals surface area contributed by atoms with E-state index < -0.39 is 0 Å². The van der Waals surface area contributed by atoms with Crippen LogP contribution in [0.2, 0.25) is 0 Å². The number of aromatic nitrogens is 2. The third kappa shape index (κ3) is 4.88. The minimum atomic E-state index is -0.373. The van der Waals surface area contributed by atoms with Crippen molar-refractivity contribution in [2.45, 2.75) is 19.9 Å². The summed E-state index contributed by atoms with van der Waals surface area (Å²) >= 11 is 0. The van der Waals surface area contributed by atoms with Crippen LogP contribution in [0.3, 0.4) is 0 Å². The molecule has 7 rings (SSSR count). The van der Waals surface area contributed by atoms with Crippen molar-refractivity contribution in [1.82, 2.24) is 9.78 Å². The number of aliphatic imine (C=N–C) groups is 2. The Morgan fingerprint density at radius 3 is 2.17 bits per heavy atom. The zero-order valence-corrected chi connectivity index (χ0v) is 26.3. The summed E-state index contributed by atoms with van der Waals surface area (Å²) in [5.74, 6) is 4.41. The number of para-hydroxylation sites is 3. The highest BCUT2D eigenvalue weighted by Gasteiger charge is 2.42. The number of methoxy groups -OCH3 is 3. The Bertz CT molecular complexity index is 1940. The molecule has 1 aromatic heterocycles. The van der Waals surface area contributed by atoms with Crippen molar-refractivity contribution < 1.29 is 18.9 Å². The number of anilines is 2. The van der Waals surface area contributed by atoms with Gasteiger partial charge in [-0.2, -0.15) is 5.10 Å². The molecule has 0 bridgehead atoms. The lowest BCUT2D eigenvalue weighted by atomic mass is 9.92. The average molecular weight is 615 g/mol. The maximum absolute atomic E-state index is 5.81. The van der Waals surface area contributed by atoms with Crippen LogP contribution in [0.1, 0.15) is 29.8 Å². The van der Waals surface area contributed by atoms with Gasteiger partial charge in [-0.1, -0.05) is 30.3 Å². The fourth-order valence-electron chi connectivity index (χ4n) is 6.06. The number of nitrogens with one attached hydrogen (secondary N) is 1. The van der Waals surface area contributed by atoms with Gasteiger partial charge >= 0.3 is 0 Å². The largest absolute Gasteiger partial charge is 0.494 e. The van der Waals surface area contributed by atoms with Gasteiger partial charge in [-0.05, 0) is 80.1 Å². The van der Waals surface area contributed by atoms with E-state index in [9.17, 15) is 0 Å². The summed E-state index contributed by atoms with van der Waals surface area (Å²) in [5, 5.41) is 8.57. The summed E-state index contributed by atoms with van der Waals surface area (Å²) in [7, 11) is 4.86. The number of hydrogen-bond donors (Lipinski definition) is 1. The SMILES string of the molecule is CCOc1ccc(NC2=Nc3ccccc3N3C2=Nc2c(c(C)nn2-c2ccccc2)[C@@H]3c2cc(OC)c(OC)c(OC)c2)cc1. The Kier molecular flexibility index (Phi) is 7.53. The van der Waals surface area contributed by atoms with E-state index in [4.69, 9.17) is 34.0 Å². The van der Waals surface area contributed by atoms with Gasteiger partial charge in [0.1, 0.15) is 5.75 Å². The van der Waals surface area contributed by atoms with E-state index in [1.165, 1.54) is 0 Å². The number of hydrogen-bond acceptors (Lipinski definition) is 9. The molecular formula is C36H34N6O4. The highest BCUT2D eigenvalue weighted by Crippen LogP contribution is 2.50. The predicted molar refractivity (Wildman–Crippen MR) is 181 cm³/mol.